The van der Waals surface area contributed by atoms with E-state index in [1.165, 1.54) is 6.07 Å². The number of nitrogens with one attached hydrogen (secondary N) is 1. The second-order valence-corrected chi connectivity index (χ2v) is 4.46. The Bertz CT molecular complexity index is 380. The highest BCUT2D eigenvalue weighted by Crippen LogP contribution is 2.19. The van der Waals surface area contributed by atoms with E-state index in [9.17, 15) is 9.90 Å². The lowest BCUT2D eigenvalue weighted by Gasteiger charge is -2.25. The summed E-state index contributed by atoms with van der Waals surface area (Å²) in [7, 11) is 0. The fourth-order valence-corrected chi connectivity index (χ4v) is 2.11. The minimum Gasteiger partial charge on any atom is -0.475 e. The van der Waals surface area contributed by atoms with E-state index in [2.05, 4.69) is 5.32 Å². The monoisotopic (exact) mass is 239 g/mol. The van der Waals surface area contributed by atoms with Crippen molar-refractivity contribution in [2.75, 3.05) is 0 Å². The summed E-state index contributed by atoms with van der Waals surface area (Å²) in [5.41, 5.74) is 0. The lowest BCUT2D eigenvalue weighted by atomic mass is 9.93. The Labute approximate surface area is 99.4 Å². The van der Waals surface area contributed by atoms with Gasteiger partial charge in [0.25, 0.3) is 0 Å². The van der Waals surface area contributed by atoms with Crippen molar-refractivity contribution in [2.24, 2.45) is 0 Å². The van der Waals surface area contributed by atoms with Gasteiger partial charge in [-0.1, -0.05) is 0 Å². The Morgan fingerprint density at radius 1 is 1.35 bits per heavy atom. The largest absolute Gasteiger partial charge is 0.475 e. The number of hydrogen-bond acceptors (Lipinski definition) is 4. The summed E-state index contributed by atoms with van der Waals surface area (Å²) in [6, 6.07) is 3.52. The molecule has 0 amide bonds. The Morgan fingerprint density at radius 2 is 2.06 bits per heavy atom. The van der Waals surface area contributed by atoms with Crippen LogP contribution in [0.4, 0.5) is 0 Å². The lowest BCUT2D eigenvalue weighted by molar-refractivity contribution is 0.0659. The molecule has 2 rings (SSSR count). The van der Waals surface area contributed by atoms with Crippen molar-refractivity contribution in [3.63, 3.8) is 0 Å². The van der Waals surface area contributed by atoms with Crippen molar-refractivity contribution >= 4 is 5.97 Å². The van der Waals surface area contributed by atoms with Crippen LogP contribution < -0.4 is 5.32 Å². The maximum atomic E-state index is 10.6. The molecule has 0 saturated heterocycles. The minimum atomic E-state index is -1.04. The molecule has 0 aliphatic heterocycles. The normalized spacial score (nSPS) is 24.8. The van der Waals surface area contributed by atoms with E-state index in [-0.39, 0.29) is 11.9 Å². The number of aliphatic hydroxyl groups is 1. The molecule has 94 valence electrons. The molecule has 0 unspecified atom stereocenters. The van der Waals surface area contributed by atoms with Crippen LogP contribution in [0.3, 0.4) is 0 Å². The van der Waals surface area contributed by atoms with Gasteiger partial charge in [0.1, 0.15) is 5.76 Å². The molecule has 1 aromatic heterocycles. The molecule has 1 heterocycles. The Morgan fingerprint density at radius 3 is 2.65 bits per heavy atom. The number of aromatic carboxylic acids is 1. The third-order valence-corrected chi connectivity index (χ3v) is 3.13. The molecule has 0 bridgehead atoms. The number of aliphatic hydroxyl groups excluding tert-OH is 1. The SMILES string of the molecule is O=C(O)c1ccc(CNC2CCC(O)CC2)o1. The number of hydrogen-bond donors (Lipinski definition) is 3. The van der Waals surface area contributed by atoms with E-state index in [0.717, 1.165) is 25.7 Å². The molecular weight excluding hydrogens is 222 g/mol. The van der Waals surface area contributed by atoms with Crippen LogP contribution in [-0.2, 0) is 6.54 Å². The zero-order valence-corrected chi connectivity index (χ0v) is 9.56. The van der Waals surface area contributed by atoms with Crippen molar-refractivity contribution < 1.29 is 19.4 Å². The number of carboxylic acids is 1. The number of carboxylic acid groups (broad SMARTS) is 1. The van der Waals surface area contributed by atoms with Gasteiger partial charge in [0.2, 0.25) is 5.76 Å². The van der Waals surface area contributed by atoms with E-state index < -0.39 is 5.97 Å². The predicted molar refractivity (Wildman–Crippen MR) is 60.8 cm³/mol. The summed E-state index contributed by atoms with van der Waals surface area (Å²) in [5, 5.41) is 21.4. The summed E-state index contributed by atoms with van der Waals surface area (Å²) in [6.07, 6.45) is 3.41. The summed E-state index contributed by atoms with van der Waals surface area (Å²) in [5.74, 6) is -0.438. The van der Waals surface area contributed by atoms with E-state index in [1.807, 2.05) is 0 Å². The van der Waals surface area contributed by atoms with Crippen LogP contribution in [0.5, 0.6) is 0 Å². The van der Waals surface area contributed by atoms with E-state index in [0.29, 0.717) is 18.3 Å². The molecule has 1 saturated carbocycles. The molecule has 3 N–H and O–H groups in total. The molecule has 17 heavy (non-hydrogen) atoms. The maximum absolute atomic E-state index is 10.6. The molecule has 0 radical (unpaired) electrons. The first-order valence-corrected chi connectivity index (χ1v) is 5.88. The van der Waals surface area contributed by atoms with Crippen molar-refractivity contribution in [3.8, 4) is 0 Å². The summed E-state index contributed by atoms with van der Waals surface area (Å²) in [4.78, 5) is 10.6. The van der Waals surface area contributed by atoms with Crippen LogP contribution in [0.15, 0.2) is 16.5 Å². The van der Waals surface area contributed by atoms with Crippen molar-refractivity contribution in [1.29, 1.82) is 0 Å². The third-order valence-electron chi connectivity index (χ3n) is 3.13. The van der Waals surface area contributed by atoms with Crippen molar-refractivity contribution in [2.45, 2.75) is 44.4 Å². The first-order valence-electron chi connectivity index (χ1n) is 5.88. The van der Waals surface area contributed by atoms with Crippen LogP contribution in [0, 0.1) is 0 Å². The molecule has 0 spiro atoms. The van der Waals surface area contributed by atoms with Crippen LogP contribution >= 0.6 is 0 Å². The van der Waals surface area contributed by atoms with Crippen LogP contribution in [0.25, 0.3) is 0 Å². The number of furan rings is 1. The van der Waals surface area contributed by atoms with E-state index in [1.54, 1.807) is 6.07 Å². The zero-order valence-electron chi connectivity index (χ0n) is 9.56. The Balaban J connectivity index is 1.79. The van der Waals surface area contributed by atoms with Gasteiger partial charge in [-0.05, 0) is 37.8 Å². The van der Waals surface area contributed by atoms with Crippen LogP contribution in [0.2, 0.25) is 0 Å². The zero-order chi connectivity index (χ0) is 12.3. The molecule has 1 aliphatic rings. The highest BCUT2D eigenvalue weighted by molar-refractivity contribution is 5.84. The molecule has 5 heteroatoms. The average Bonchev–Trinajstić information content (AvgIpc) is 2.77. The quantitative estimate of drug-likeness (QED) is 0.739. The fourth-order valence-electron chi connectivity index (χ4n) is 2.11. The molecule has 1 aliphatic carbocycles. The minimum absolute atomic E-state index is 0.0270. The fraction of sp³-hybridized carbons (Fsp3) is 0.583. The topological polar surface area (TPSA) is 82.7 Å². The Hall–Kier alpha value is -1.33. The highest BCUT2D eigenvalue weighted by Gasteiger charge is 2.19. The number of carbonyl (C=O) groups is 1. The van der Waals surface area contributed by atoms with Gasteiger partial charge in [-0.15, -0.1) is 0 Å². The smallest absolute Gasteiger partial charge is 0.371 e. The summed E-state index contributed by atoms with van der Waals surface area (Å²) < 4.78 is 5.15. The van der Waals surface area contributed by atoms with Gasteiger partial charge in [0, 0.05) is 6.04 Å². The molecular formula is C12H17NO4. The standard InChI is InChI=1S/C12H17NO4/c14-9-3-1-8(2-4-9)13-7-10-5-6-11(17-10)12(15)16/h5-6,8-9,13-14H,1-4,7H2,(H,15,16). The first-order chi connectivity index (χ1) is 8.15. The molecule has 1 fully saturated rings. The van der Waals surface area contributed by atoms with Gasteiger partial charge in [-0.2, -0.15) is 0 Å². The summed E-state index contributed by atoms with van der Waals surface area (Å²) in [6.45, 7) is 0.536. The van der Waals surface area contributed by atoms with E-state index in [4.69, 9.17) is 9.52 Å². The Kier molecular flexibility index (Phi) is 3.81. The van der Waals surface area contributed by atoms with Crippen LogP contribution in [0.1, 0.15) is 42.0 Å². The highest BCUT2D eigenvalue weighted by atomic mass is 16.4. The van der Waals surface area contributed by atoms with Gasteiger partial charge in [-0.25, -0.2) is 4.79 Å². The van der Waals surface area contributed by atoms with Crippen LogP contribution in [-0.4, -0.2) is 28.3 Å². The van der Waals surface area contributed by atoms with Gasteiger partial charge < -0.3 is 19.9 Å². The molecule has 5 nitrogen and oxygen atoms in total. The lowest BCUT2D eigenvalue weighted by Crippen LogP contribution is -2.34. The van der Waals surface area contributed by atoms with Gasteiger partial charge >= 0.3 is 5.97 Å². The molecule has 0 aromatic carbocycles. The first kappa shape index (κ1) is 12.1. The predicted octanol–water partition coefficient (Wildman–Crippen LogP) is 1.37. The van der Waals surface area contributed by atoms with E-state index >= 15 is 0 Å². The third kappa shape index (κ3) is 3.31. The van der Waals surface area contributed by atoms with Gasteiger partial charge in [-0.3, -0.25) is 0 Å². The van der Waals surface area contributed by atoms with Gasteiger partial charge in [0.15, 0.2) is 0 Å². The number of rotatable bonds is 4. The average molecular weight is 239 g/mol. The second-order valence-electron chi connectivity index (χ2n) is 4.46. The molecule has 0 atom stereocenters. The van der Waals surface area contributed by atoms with Crippen molar-refractivity contribution in [3.05, 3.63) is 23.7 Å². The van der Waals surface area contributed by atoms with Gasteiger partial charge in [0.05, 0.1) is 12.6 Å². The van der Waals surface area contributed by atoms with Crippen molar-refractivity contribution in [1.82, 2.24) is 5.32 Å². The second kappa shape index (κ2) is 5.33. The summed E-state index contributed by atoms with van der Waals surface area (Å²) >= 11 is 0. The maximum Gasteiger partial charge on any atom is 0.371 e. The molecule has 1 aromatic rings.